The number of amides is 1. The number of nitrogens with zero attached hydrogens (tertiary/aromatic N) is 1. The van der Waals surface area contributed by atoms with Crippen molar-refractivity contribution in [3.8, 4) is 0 Å². The van der Waals surface area contributed by atoms with E-state index in [0.29, 0.717) is 0 Å². The molecule has 0 aromatic carbocycles. The maximum atomic E-state index is 12.1. The lowest BCUT2D eigenvalue weighted by atomic mass is 10.1. The van der Waals surface area contributed by atoms with Crippen LogP contribution in [-0.2, 0) is 4.74 Å². The Kier molecular flexibility index (Phi) is 5.03. The van der Waals surface area contributed by atoms with Crippen molar-refractivity contribution in [1.29, 1.82) is 0 Å². The second-order valence-electron chi connectivity index (χ2n) is 5.70. The van der Waals surface area contributed by atoms with Crippen molar-refractivity contribution >= 4 is 6.09 Å². The molecule has 1 atom stereocenters. The van der Waals surface area contributed by atoms with Crippen LogP contribution in [0.1, 0.15) is 52.9 Å². The Morgan fingerprint density at radius 3 is 2.71 bits per heavy atom. The molecule has 17 heavy (non-hydrogen) atoms. The van der Waals surface area contributed by atoms with Crippen LogP contribution in [0.15, 0.2) is 12.7 Å². The highest BCUT2D eigenvalue weighted by Gasteiger charge is 2.28. The van der Waals surface area contributed by atoms with Crippen LogP contribution in [0.5, 0.6) is 0 Å². The Hall–Kier alpha value is -0.990. The molecule has 0 bridgehead atoms. The van der Waals surface area contributed by atoms with Crippen molar-refractivity contribution in [2.75, 3.05) is 6.54 Å². The number of rotatable bonds is 2. The number of hydrogen-bond donors (Lipinski definition) is 0. The molecule has 1 heterocycles. The van der Waals surface area contributed by atoms with E-state index in [2.05, 4.69) is 6.58 Å². The van der Waals surface area contributed by atoms with Crippen molar-refractivity contribution in [2.45, 2.75) is 64.5 Å². The summed E-state index contributed by atoms with van der Waals surface area (Å²) >= 11 is 0. The zero-order valence-corrected chi connectivity index (χ0v) is 11.4. The normalized spacial score (nSPS) is 21.8. The second-order valence-corrected chi connectivity index (χ2v) is 5.70. The van der Waals surface area contributed by atoms with Crippen LogP contribution in [0, 0.1) is 0 Å². The van der Waals surface area contributed by atoms with Crippen LogP contribution in [0.3, 0.4) is 0 Å². The van der Waals surface area contributed by atoms with Crippen LogP contribution >= 0.6 is 0 Å². The summed E-state index contributed by atoms with van der Waals surface area (Å²) in [6.45, 7) is 10.3. The zero-order valence-electron chi connectivity index (χ0n) is 11.4. The number of carbonyl (C=O) groups is 1. The third-order valence-corrected chi connectivity index (χ3v) is 2.94. The van der Waals surface area contributed by atoms with E-state index in [4.69, 9.17) is 4.74 Å². The molecule has 3 nitrogen and oxygen atoms in total. The van der Waals surface area contributed by atoms with Gasteiger partial charge in [0, 0.05) is 12.6 Å². The fourth-order valence-corrected chi connectivity index (χ4v) is 2.18. The zero-order chi connectivity index (χ0) is 12.9. The van der Waals surface area contributed by atoms with Crippen LogP contribution in [-0.4, -0.2) is 29.2 Å². The summed E-state index contributed by atoms with van der Waals surface area (Å²) in [7, 11) is 0. The van der Waals surface area contributed by atoms with E-state index in [1.54, 1.807) is 0 Å². The molecule has 0 saturated carbocycles. The number of ether oxygens (including phenoxy) is 1. The van der Waals surface area contributed by atoms with Crippen LogP contribution < -0.4 is 0 Å². The molecule has 1 saturated heterocycles. The smallest absolute Gasteiger partial charge is 0.410 e. The molecule has 1 aliphatic rings. The van der Waals surface area contributed by atoms with Gasteiger partial charge in [-0.1, -0.05) is 18.9 Å². The second kappa shape index (κ2) is 6.08. The molecule has 3 heteroatoms. The fraction of sp³-hybridized carbons (Fsp3) is 0.786. The van der Waals surface area contributed by atoms with E-state index in [0.717, 1.165) is 25.8 Å². The molecule has 1 fully saturated rings. The molecule has 0 radical (unpaired) electrons. The standard InChI is InChI=1S/C14H25NO2/c1-5-9-12-10-7-6-8-11-15(12)13(16)17-14(2,3)4/h5,12H,1,6-11H2,2-4H3. The van der Waals surface area contributed by atoms with Crippen LogP contribution in [0.2, 0.25) is 0 Å². The lowest BCUT2D eigenvalue weighted by molar-refractivity contribution is 0.0169. The van der Waals surface area contributed by atoms with Gasteiger partial charge < -0.3 is 9.64 Å². The molecule has 1 amide bonds. The fourth-order valence-electron chi connectivity index (χ4n) is 2.18. The topological polar surface area (TPSA) is 29.5 Å². The van der Waals surface area contributed by atoms with Gasteiger partial charge in [0.15, 0.2) is 0 Å². The Balaban J connectivity index is 2.67. The average molecular weight is 239 g/mol. The summed E-state index contributed by atoms with van der Waals surface area (Å²) in [6, 6.07) is 0.268. The first-order valence-corrected chi connectivity index (χ1v) is 6.54. The highest BCUT2D eigenvalue weighted by Crippen LogP contribution is 2.22. The maximum Gasteiger partial charge on any atom is 0.410 e. The van der Waals surface area contributed by atoms with Gasteiger partial charge in [-0.2, -0.15) is 0 Å². The molecule has 0 aliphatic carbocycles. The summed E-state index contributed by atoms with van der Waals surface area (Å²) < 4.78 is 5.46. The van der Waals surface area contributed by atoms with Crippen LogP contribution in [0.4, 0.5) is 4.79 Å². The Bertz CT molecular complexity index is 268. The maximum absolute atomic E-state index is 12.1. The minimum Gasteiger partial charge on any atom is -0.444 e. The van der Waals surface area contributed by atoms with Gasteiger partial charge in [0.1, 0.15) is 5.60 Å². The van der Waals surface area contributed by atoms with Gasteiger partial charge in [0.05, 0.1) is 0 Å². The highest BCUT2D eigenvalue weighted by atomic mass is 16.6. The van der Waals surface area contributed by atoms with Crippen molar-refractivity contribution in [3.63, 3.8) is 0 Å². The van der Waals surface area contributed by atoms with E-state index in [-0.39, 0.29) is 12.1 Å². The van der Waals surface area contributed by atoms with E-state index in [1.807, 2.05) is 31.7 Å². The van der Waals surface area contributed by atoms with E-state index < -0.39 is 5.60 Å². The summed E-state index contributed by atoms with van der Waals surface area (Å²) in [6.07, 6.45) is 7.11. The number of likely N-dealkylation sites (tertiary alicyclic amines) is 1. The highest BCUT2D eigenvalue weighted by molar-refractivity contribution is 5.68. The van der Waals surface area contributed by atoms with Gasteiger partial charge in [-0.3, -0.25) is 0 Å². The van der Waals surface area contributed by atoms with Crippen molar-refractivity contribution in [3.05, 3.63) is 12.7 Å². The number of carbonyl (C=O) groups excluding carboxylic acids is 1. The summed E-state index contributed by atoms with van der Waals surface area (Å²) in [5.74, 6) is 0. The van der Waals surface area contributed by atoms with E-state index in [9.17, 15) is 4.79 Å². The first-order chi connectivity index (χ1) is 7.94. The third kappa shape index (κ3) is 4.80. The van der Waals surface area contributed by atoms with Crippen molar-refractivity contribution < 1.29 is 9.53 Å². The molecule has 1 rings (SSSR count). The van der Waals surface area contributed by atoms with Gasteiger partial charge in [0.2, 0.25) is 0 Å². The summed E-state index contributed by atoms with van der Waals surface area (Å²) in [5, 5.41) is 0. The Morgan fingerprint density at radius 2 is 2.12 bits per heavy atom. The lowest BCUT2D eigenvalue weighted by Crippen LogP contribution is -2.43. The Labute approximate surface area is 105 Å². The predicted molar refractivity (Wildman–Crippen MR) is 70.0 cm³/mol. The molecule has 0 N–H and O–H groups in total. The van der Waals surface area contributed by atoms with Crippen LogP contribution in [0.25, 0.3) is 0 Å². The van der Waals surface area contributed by atoms with Gasteiger partial charge in [-0.05, 0) is 40.0 Å². The predicted octanol–water partition coefficient (Wildman–Crippen LogP) is 3.74. The number of hydrogen-bond acceptors (Lipinski definition) is 2. The van der Waals surface area contributed by atoms with Gasteiger partial charge in [0.25, 0.3) is 0 Å². The van der Waals surface area contributed by atoms with E-state index in [1.165, 1.54) is 12.8 Å². The minimum atomic E-state index is -0.415. The average Bonchev–Trinajstić information content (AvgIpc) is 2.41. The molecular weight excluding hydrogens is 214 g/mol. The largest absolute Gasteiger partial charge is 0.444 e. The van der Waals surface area contributed by atoms with Crippen molar-refractivity contribution in [2.24, 2.45) is 0 Å². The SMILES string of the molecule is C=CCC1CCCCCN1C(=O)OC(C)(C)C. The van der Waals surface area contributed by atoms with E-state index >= 15 is 0 Å². The molecule has 1 aliphatic heterocycles. The van der Waals surface area contributed by atoms with Gasteiger partial charge >= 0.3 is 6.09 Å². The van der Waals surface area contributed by atoms with Gasteiger partial charge in [-0.25, -0.2) is 4.79 Å². The minimum absolute atomic E-state index is 0.175. The van der Waals surface area contributed by atoms with Crippen molar-refractivity contribution in [1.82, 2.24) is 4.90 Å². The molecule has 1 unspecified atom stereocenters. The molecule has 0 aromatic rings. The first-order valence-electron chi connectivity index (χ1n) is 6.54. The monoisotopic (exact) mass is 239 g/mol. The molecular formula is C14H25NO2. The Morgan fingerprint density at radius 1 is 1.41 bits per heavy atom. The third-order valence-electron chi connectivity index (χ3n) is 2.94. The molecule has 0 aromatic heterocycles. The lowest BCUT2D eigenvalue weighted by Gasteiger charge is -2.31. The quantitative estimate of drug-likeness (QED) is 0.687. The summed E-state index contributed by atoms with van der Waals surface area (Å²) in [4.78, 5) is 14.0. The van der Waals surface area contributed by atoms with Gasteiger partial charge in [-0.15, -0.1) is 6.58 Å². The molecule has 98 valence electrons. The summed E-state index contributed by atoms with van der Waals surface area (Å²) in [5.41, 5.74) is -0.415. The molecule has 0 spiro atoms. The first kappa shape index (κ1) is 14.1.